The second-order valence-electron chi connectivity index (χ2n) is 7.22. The van der Waals surface area contributed by atoms with Crippen molar-refractivity contribution in [2.24, 2.45) is 0 Å². The van der Waals surface area contributed by atoms with Crippen LogP contribution >= 0.6 is 0 Å². The van der Waals surface area contributed by atoms with Crippen molar-refractivity contribution in [2.75, 3.05) is 5.32 Å². The molecule has 0 aliphatic rings. The fourth-order valence-electron chi connectivity index (χ4n) is 3.26. The molecule has 0 aliphatic heterocycles. The molecule has 32 heavy (non-hydrogen) atoms. The molecule has 4 aromatic rings. The van der Waals surface area contributed by atoms with E-state index in [0.717, 1.165) is 18.2 Å². The van der Waals surface area contributed by atoms with Crippen molar-refractivity contribution in [3.63, 3.8) is 0 Å². The van der Waals surface area contributed by atoms with Crippen LogP contribution in [0.2, 0.25) is 0 Å². The molecule has 0 radical (unpaired) electrons. The molecule has 1 aromatic carbocycles. The Bertz CT molecular complexity index is 1330. The normalized spacial score (nSPS) is 11.7. The van der Waals surface area contributed by atoms with Crippen molar-refractivity contribution >= 4 is 16.7 Å². The maximum absolute atomic E-state index is 14.8. The molecule has 164 valence electrons. The first-order chi connectivity index (χ1) is 15.1. The van der Waals surface area contributed by atoms with E-state index in [1.54, 1.807) is 13.0 Å². The van der Waals surface area contributed by atoms with Crippen LogP contribution in [0.15, 0.2) is 55.1 Å². The Morgan fingerprint density at radius 1 is 1.06 bits per heavy atom. The summed E-state index contributed by atoms with van der Waals surface area (Å²) in [4.78, 5) is 7.72. The number of aromatic nitrogens is 4. The zero-order valence-corrected chi connectivity index (χ0v) is 16.7. The molecule has 4 rings (SSSR count). The quantitative estimate of drug-likeness (QED) is 0.382. The second-order valence-corrected chi connectivity index (χ2v) is 7.22. The third kappa shape index (κ3) is 4.29. The SMILES string of the molecule is C=C(Cc1cc(F)c(-c2cnc3[nH]nc(C)c3c2)cc1F)Nc1cncc(C(F)(F)F)c1. The van der Waals surface area contributed by atoms with Crippen molar-refractivity contribution in [1.29, 1.82) is 0 Å². The summed E-state index contributed by atoms with van der Waals surface area (Å²) in [5.41, 5.74) is 0.909. The van der Waals surface area contributed by atoms with E-state index in [9.17, 15) is 22.0 Å². The number of rotatable bonds is 5. The Kier molecular flexibility index (Phi) is 5.37. The molecule has 0 saturated heterocycles. The summed E-state index contributed by atoms with van der Waals surface area (Å²) in [7, 11) is 0. The molecule has 3 aromatic heterocycles. The smallest absolute Gasteiger partial charge is 0.358 e. The van der Waals surface area contributed by atoms with E-state index in [2.05, 4.69) is 32.1 Å². The number of aryl methyl sites for hydroxylation is 1. The highest BCUT2D eigenvalue weighted by atomic mass is 19.4. The summed E-state index contributed by atoms with van der Waals surface area (Å²) in [6.45, 7) is 5.46. The standard InChI is InChI=1S/C22H16F5N5/c1-11(30-16-6-15(9-28-10-16)22(25,26)27)3-13-5-20(24)18(7-19(13)23)14-4-17-12(2)31-32-21(17)29-8-14/h4-10,30H,1,3H2,2H3,(H,29,31,32). The van der Waals surface area contributed by atoms with Gasteiger partial charge in [0.1, 0.15) is 11.6 Å². The Morgan fingerprint density at radius 2 is 1.84 bits per heavy atom. The number of hydrogen-bond acceptors (Lipinski definition) is 4. The molecule has 0 atom stereocenters. The van der Waals surface area contributed by atoms with E-state index in [1.165, 1.54) is 12.4 Å². The highest BCUT2D eigenvalue weighted by Gasteiger charge is 2.31. The fourth-order valence-corrected chi connectivity index (χ4v) is 3.26. The van der Waals surface area contributed by atoms with Crippen LogP contribution < -0.4 is 5.32 Å². The summed E-state index contributed by atoms with van der Waals surface area (Å²) >= 11 is 0. The Hall–Kier alpha value is -3.82. The number of alkyl halides is 3. The molecule has 2 N–H and O–H groups in total. The lowest BCUT2D eigenvalue weighted by molar-refractivity contribution is -0.137. The van der Waals surface area contributed by atoms with Crippen molar-refractivity contribution in [3.05, 3.63) is 83.6 Å². The van der Waals surface area contributed by atoms with Crippen LogP contribution in [0.4, 0.5) is 27.6 Å². The van der Waals surface area contributed by atoms with Crippen LogP contribution in [0.3, 0.4) is 0 Å². The van der Waals surface area contributed by atoms with E-state index in [0.29, 0.717) is 28.5 Å². The van der Waals surface area contributed by atoms with Crippen LogP contribution in [0, 0.1) is 18.6 Å². The zero-order valence-electron chi connectivity index (χ0n) is 16.7. The second kappa shape index (κ2) is 8.03. The predicted octanol–water partition coefficient (Wildman–Crippen LogP) is 5.79. The molecule has 10 heteroatoms. The summed E-state index contributed by atoms with van der Waals surface area (Å²) in [5, 5.41) is 10.1. The first kappa shape index (κ1) is 21.4. The molecule has 0 spiro atoms. The number of halogens is 5. The van der Waals surface area contributed by atoms with Crippen molar-refractivity contribution in [2.45, 2.75) is 19.5 Å². The van der Waals surface area contributed by atoms with E-state index in [4.69, 9.17) is 0 Å². The largest absolute Gasteiger partial charge is 0.417 e. The lowest BCUT2D eigenvalue weighted by Gasteiger charge is -2.13. The van der Waals surface area contributed by atoms with Crippen LogP contribution in [0.25, 0.3) is 22.2 Å². The maximum Gasteiger partial charge on any atom is 0.417 e. The number of allylic oxidation sites excluding steroid dienone is 1. The van der Waals surface area contributed by atoms with E-state index >= 15 is 0 Å². The van der Waals surface area contributed by atoms with Gasteiger partial charge in [0.05, 0.1) is 23.1 Å². The van der Waals surface area contributed by atoms with E-state index in [1.807, 2.05) is 0 Å². The number of H-pyrrole nitrogens is 1. The fraction of sp³-hybridized carbons (Fsp3) is 0.136. The van der Waals surface area contributed by atoms with Crippen molar-refractivity contribution in [3.8, 4) is 11.1 Å². The molecule has 5 nitrogen and oxygen atoms in total. The molecular formula is C22H16F5N5. The van der Waals surface area contributed by atoms with Gasteiger partial charge in [0, 0.05) is 41.0 Å². The highest BCUT2D eigenvalue weighted by Crippen LogP contribution is 2.31. The number of nitrogens with one attached hydrogen (secondary N) is 2. The van der Waals surface area contributed by atoms with Gasteiger partial charge in [-0.2, -0.15) is 18.3 Å². The van der Waals surface area contributed by atoms with Crippen molar-refractivity contribution < 1.29 is 22.0 Å². The van der Waals surface area contributed by atoms with Crippen LogP contribution in [-0.4, -0.2) is 20.2 Å². The molecule has 0 unspecified atom stereocenters. The monoisotopic (exact) mass is 445 g/mol. The Labute approximate surface area is 179 Å². The minimum atomic E-state index is -4.55. The van der Waals surface area contributed by atoms with Crippen molar-refractivity contribution in [1.82, 2.24) is 20.2 Å². The number of anilines is 1. The summed E-state index contributed by atoms with van der Waals surface area (Å²) in [6, 6.07) is 4.62. The number of fused-ring (bicyclic) bond motifs is 1. The first-order valence-corrected chi connectivity index (χ1v) is 9.38. The molecule has 0 fully saturated rings. The molecule has 3 heterocycles. The lowest BCUT2D eigenvalue weighted by Crippen LogP contribution is -2.08. The van der Waals surface area contributed by atoms with Crippen LogP contribution in [0.5, 0.6) is 0 Å². The zero-order chi connectivity index (χ0) is 23.0. The third-order valence-corrected chi connectivity index (χ3v) is 4.84. The molecular weight excluding hydrogens is 429 g/mol. The van der Waals surface area contributed by atoms with Gasteiger partial charge in [0.15, 0.2) is 5.65 Å². The number of aromatic amines is 1. The Balaban J connectivity index is 1.55. The lowest BCUT2D eigenvalue weighted by atomic mass is 10.0. The van der Waals surface area contributed by atoms with Gasteiger partial charge in [0.2, 0.25) is 0 Å². The van der Waals surface area contributed by atoms with Gasteiger partial charge in [-0.3, -0.25) is 10.1 Å². The molecule has 0 aliphatic carbocycles. The van der Waals surface area contributed by atoms with Gasteiger partial charge in [-0.15, -0.1) is 0 Å². The maximum atomic E-state index is 14.8. The third-order valence-electron chi connectivity index (χ3n) is 4.84. The van der Waals surface area contributed by atoms with Gasteiger partial charge in [-0.05, 0) is 36.8 Å². The average Bonchev–Trinajstić information content (AvgIpc) is 3.10. The molecule has 0 bridgehead atoms. The topological polar surface area (TPSA) is 66.5 Å². The van der Waals surface area contributed by atoms with E-state index in [-0.39, 0.29) is 28.9 Å². The summed E-state index contributed by atoms with van der Waals surface area (Å²) in [6.07, 6.45) is -1.40. The van der Waals surface area contributed by atoms with Crippen LogP contribution in [0.1, 0.15) is 16.8 Å². The molecule has 0 saturated carbocycles. The number of hydrogen-bond donors (Lipinski definition) is 2. The average molecular weight is 445 g/mol. The van der Waals surface area contributed by atoms with Gasteiger partial charge in [-0.1, -0.05) is 6.58 Å². The van der Waals surface area contributed by atoms with E-state index < -0.39 is 23.4 Å². The van der Waals surface area contributed by atoms with Gasteiger partial charge in [0.25, 0.3) is 0 Å². The minimum Gasteiger partial charge on any atom is -0.358 e. The number of benzene rings is 1. The van der Waals surface area contributed by atoms with Gasteiger partial charge < -0.3 is 5.32 Å². The number of nitrogens with zero attached hydrogens (tertiary/aromatic N) is 3. The molecule has 0 amide bonds. The predicted molar refractivity (Wildman–Crippen MR) is 110 cm³/mol. The summed E-state index contributed by atoms with van der Waals surface area (Å²) < 4.78 is 68.0. The minimum absolute atomic E-state index is 0.00258. The summed E-state index contributed by atoms with van der Waals surface area (Å²) in [5.74, 6) is -1.35. The van der Waals surface area contributed by atoms with Gasteiger partial charge in [-0.25, -0.2) is 13.8 Å². The van der Waals surface area contributed by atoms with Gasteiger partial charge >= 0.3 is 6.18 Å². The Morgan fingerprint density at radius 3 is 2.59 bits per heavy atom. The highest BCUT2D eigenvalue weighted by molar-refractivity contribution is 5.83. The first-order valence-electron chi connectivity index (χ1n) is 9.38. The number of pyridine rings is 2. The van der Waals surface area contributed by atoms with Crippen LogP contribution in [-0.2, 0) is 12.6 Å².